The molecule has 2 heterocycles. The molecule has 3 amide bonds. The third kappa shape index (κ3) is 4.77. The second-order valence-electron chi connectivity index (χ2n) is 3.97. The molecule has 0 saturated heterocycles. The molecule has 7 heteroatoms. The number of furan rings is 1. The van der Waals surface area contributed by atoms with Crippen LogP contribution in [0.1, 0.15) is 10.6 Å². The van der Waals surface area contributed by atoms with Crippen molar-refractivity contribution in [2.24, 2.45) is 0 Å². The van der Waals surface area contributed by atoms with Crippen LogP contribution in [0.2, 0.25) is 0 Å². The smallest absolute Gasteiger partial charge is 0.315 e. The van der Waals surface area contributed by atoms with Gasteiger partial charge in [0.15, 0.2) is 0 Å². The summed E-state index contributed by atoms with van der Waals surface area (Å²) in [6, 6.07) is 6.99. The molecule has 20 heavy (non-hydrogen) atoms. The van der Waals surface area contributed by atoms with Crippen LogP contribution in [0.3, 0.4) is 0 Å². The standard InChI is InChI=1S/C13H15N3O3S/c17-12(14-7-10-3-1-5-19-10)9-16-13(18)15-8-11-4-2-6-20-11/h1-6H,7-9H2,(H,14,17)(H2,15,16,18). The van der Waals surface area contributed by atoms with Crippen LogP contribution in [0.15, 0.2) is 40.3 Å². The van der Waals surface area contributed by atoms with Gasteiger partial charge in [0.25, 0.3) is 0 Å². The Balaban J connectivity index is 1.59. The highest BCUT2D eigenvalue weighted by Gasteiger charge is 2.05. The first-order valence-electron chi connectivity index (χ1n) is 6.07. The summed E-state index contributed by atoms with van der Waals surface area (Å²) in [5.74, 6) is 0.396. The third-order valence-corrected chi connectivity index (χ3v) is 3.33. The number of thiophene rings is 1. The van der Waals surface area contributed by atoms with E-state index in [0.29, 0.717) is 18.8 Å². The molecule has 2 aromatic heterocycles. The second kappa shape index (κ2) is 7.34. The molecule has 0 aliphatic carbocycles. The molecule has 0 aromatic carbocycles. The Hall–Kier alpha value is -2.28. The van der Waals surface area contributed by atoms with E-state index in [9.17, 15) is 9.59 Å². The topological polar surface area (TPSA) is 83.4 Å². The first-order valence-corrected chi connectivity index (χ1v) is 6.95. The summed E-state index contributed by atoms with van der Waals surface area (Å²) in [7, 11) is 0. The fourth-order valence-electron chi connectivity index (χ4n) is 1.46. The fourth-order valence-corrected chi connectivity index (χ4v) is 2.11. The fraction of sp³-hybridized carbons (Fsp3) is 0.231. The molecule has 0 aliphatic heterocycles. The Bertz CT molecular complexity index is 487. The molecule has 6 nitrogen and oxygen atoms in total. The Labute approximate surface area is 120 Å². The maximum absolute atomic E-state index is 11.5. The van der Waals surface area contributed by atoms with E-state index in [1.165, 1.54) is 6.26 Å². The molecule has 0 saturated carbocycles. The minimum atomic E-state index is -0.369. The van der Waals surface area contributed by atoms with Gasteiger partial charge in [0.1, 0.15) is 5.76 Å². The van der Waals surface area contributed by atoms with E-state index in [1.807, 2.05) is 17.5 Å². The Morgan fingerprint density at radius 3 is 2.70 bits per heavy atom. The van der Waals surface area contributed by atoms with E-state index in [0.717, 1.165) is 4.88 Å². The van der Waals surface area contributed by atoms with Crippen LogP contribution >= 0.6 is 11.3 Å². The van der Waals surface area contributed by atoms with Crippen LogP contribution < -0.4 is 16.0 Å². The largest absolute Gasteiger partial charge is 0.467 e. The van der Waals surface area contributed by atoms with Crippen molar-refractivity contribution in [3.8, 4) is 0 Å². The highest BCUT2D eigenvalue weighted by Crippen LogP contribution is 2.06. The summed E-state index contributed by atoms with van der Waals surface area (Å²) in [5, 5.41) is 9.74. The summed E-state index contributed by atoms with van der Waals surface area (Å²) in [4.78, 5) is 24.0. The Morgan fingerprint density at radius 2 is 2.00 bits per heavy atom. The maximum Gasteiger partial charge on any atom is 0.315 e. The molecule has 2 aromatic rings. The molecule has 3 N–H and O–H groups in total. The first kappa shape index (κ1) is 14.1. The van der Waals surface area contributed by atoms with Gasteiger partial charge in [-0.1, -0.05) is 6.07 Å². The molecular weight excluding hydrogens is 278 g/mol. The molecule has 2 rings (SSSR count). The lowest BCUT2D eigenvalue weighted by Crippen LogP contribution is -2.41. The predicted molar refractivity (Wildman–Crippen MR) is 75.1 cm³/mol. The van der Waals surface area contributed by atoms with Crippen LogP contribution in [0.25, 0.3) is 0 Å². The number of amides is 3. The van der Waals surface area contributed by atoms with Gasteiger partial charge >= 0.3 is 6.03 Å². The van der Waals surface area contributed by atoms with Crippen molar-refractivity contribution in [1.29, 1.82) is 0 Å². The van der Waals surface area contributed by atoms with Crippen LogP contribution in [0.5, 0.6) is 0 Å². The molecule has 0 bridgehead atoms. The number of carbonyl (C=O) groups is 2. The summed E-state index contributed by atoms with van der Waals surface area (Å²) >= 11 is 1.56. The lowest BCUT2D eigenvalue weighted by Gasteiger charge is -2.07. The van der Waals surface area contributed by atoms with Crippen molar-refractivity contribution in [3.63, 3.8) is 0 Å². The van der Waals surface area contributed by atoms with E-state index >= 15 is 0 Å². The Kier molecular flexibility index (Phi) is 5.19. The van der Waals surface area contributed by atoms with Crippen LogP contribution in [-0.4, -0.2) is 18.5 Å². The van der Waals surface area contributed by atoms with Crippen LogP contribution in [0, 0.1) is 0 Å². The van der Waals surface area contributed by atoms with E-state index in [4.69, 9.17) is 4.42 Å². The monoisotopic (exact) mass is 293 g/mol. The lowest BCUT2D eigenvalue weighted by atomic mass is 10.4. The average Bonchev–Trinajstić information content (AvgIpc) is 3.13. The molecule has 106 valence electrons. The minimum Gasteiger partial charge on any atom is -0.467 e. The van der Waals surface area contributed by atoms with E-state index < -0.39 is 0 Å². The molecule has 0 unspecified atom stereocenters. The van der Waals surface area contributed by atoms with Gasteiger partial charge in [-0.25, -0.2) is 4.79 Å². The van der Waals surface area contributed by atoms with Crippen LogP contribution in [-0.2, 0) is 17.9 Å². The number of hydrogen-bond donors (Lipinski definition) is 3. The highest BCUT2D eigenvalue weighted by atomic mass is 32.1. The van der Waals surface area contributed by atoms with E-state index in [-0.39, 0.29) is 18.5 Å². The van der Waals surface area contributed by atoms with Gasteiger partial charge in [0.2, 0.25) is 5.91 Å². The summed E-state index contributed by atoms with van der Waals surface area (Å²) in [6.07, 6.45) is 1.54. The van der Waals surface area contributed by atoms with Crippen molar-refractivity contribution < 1.29 is 14.0 Å². The van der Waals surface area contributed by atoms with Crippen molar-refractivity contribution in [2.75, 3.05) is 6.54 Å². The Morgan fingerprint density at radius 1 is 1.10 bits per heavy atom. The van der Waals surface area contributed by atoms with Gasteiger partial charge in [0, 0.05) is 4.88 Å². The SMILES string of the molecule is O=C(CNC(=O)NCc1cccs1)NCc1ccco1. The second-order valence-corrected chi connectivity index (χ2v) is 5.00. The van der Waals surface area contributed by atoms with Gasteiger partial charge in [-0.05, 0) is 23.6 Å². The number of nitrogens with one attached hydrogen (secondary N) is 3. The number of rotatable bonds is 6. The maximum atomic E-state index is 11.5. The minimum absolute atomic E-state index is 0.0724. The van der Waals surface area contributed by atoms with Gasteiger partial charge < -0.3 is 20.4 Å². The van der Waals surface area contributed by atoms with Crippen molar-refractivity contribution in [1.82, 2.24) is 16.0 Å². The zero-order chi connectivity index (χ0) is 14.2. The number of hydrogen-bond acceptors (Lipinski definition) is 4. The van der Waals surface area contributed by atoms with E-state index in [2.05, 4.69) is 16.0 Å². The molecule has 0 fully saturated rings. The average molecular weight is 293 g/mol. The summed E-state index contributed by atoms with van der Waals surface area (Å²) < 4.78 is 5.08. The van der Waals surface area contributed by atoms with Crippen molar-refractivity contribution in [2.45, 2.75) is 13.1 Å². The predicted octanol–water partition coefficient (Wildman–Crippen LogP) is 1.46. The molecule has 0 atom stereocenters. The summed E-state index contributed by atoms with van der Waals surface area (Å²) in [6.45, 7) is 0.693. The molecular formula is C13H15N3O3S. The normalized spacial score (nSPS) is 10.0. The van der Waals surface area contributed by atoms with Gasteiger partial charge in [-0.2, -0.15) is 0 Å². The van der Waals surface area contributed by atoms with Crippen molar-refractivity contribution in [3.05, 3.63) is 46.5 Å². The van der Waals surface area contributed by atoms with E-state index in [1.54, 1.807) is 23.5 Å². The lowest BCUT2D eigenvalue weighted by molar-refractivity contribution is -0.120. The molecule has 0 aliphatic rings. The van der Waals surface area contributed by atoms with Gasteiger partial charge in [-0.15, -0.1) is 11.3 Å². The zero-order valence-electron chi connectivity index (χ0n) is 10.7. The van der Waals surface area contributed by atoms with Crippen molar-refractivity contribution >= 4 is 23.3 Å². The van der Waals surface area contributed by atoms with Gasteiger partial charge in [-0.3, -0.25) is 4.79 Å². The third-order valence-electron chi connectivity index (χ3n) is 2.45. The quantitative estimate of drug-likeness (QED) is 0.754. The van der Waals surface area contributed by atoms with Crippen LogP contribution in [0.4, 0.5) is 4.79 Å². The number of urea groups is 1. The molecule has 0 spiro atoms. The zero-order valence-corrected chi connectivity index (χ0v) is 11.5. The first-order chi connectivity index (χ1) is 9.74. The summed E-state index contributed by atoms with van der Waals surface area (Å²) in [5.41, 5.74) is 0. The highest BCUT2D eigenvalue weighted by molar-refractivity contribution is 7.09. The number of carbonyl (C=O) groups excluding carboxylic acids is 2. The molecule has 0 radical (unpaired) electrons. The van der Waals surface area contributed by atoms with Gasteiger partial charge in [0.05, 0.1) is 25.9 Å².